The summed E-state index contributed by atoms with van der Waals surface area (Å²) < 4.78 is 12.5. The molecule has 1 fully saturated rings. The van der Waals surface area contributed by atoms with Crippen LogP contribution in [0.4, 0.5) is 0 Å². The van der Waals surface area contributed by atoms with Gasteiger partial charge < -0.3 is 14.8 Å². The number of hydrogen-bond donors (Lipinski definition) is 1. The highest BCUT2D eigenvalue weighted by atomic mass is 35.5. The molecule has 1 N–H and O–H groups in total. The zero-order valence-electron chi connectivity index (χ0n) is 19.8. The number of para-hydroxylation sites is 2. The van der Waals surface area contributed by atoms with E-state index >= 15 is 0 Å². The molecule has 0 bridgehead atoms. The Kier molecular flexibility index (Phi) is 12.3. The number of hydrogen-bond acceptors (Lipinski definition) is 4. The minimum absolute atomic E-state index is 0. The van der Waals surface area contributed by atoms with Crippen molar-refractivity contribution in [3.8, 4) is 23.0 Å². The molecule has 6 heteroatoms. The minimum atomic E-state index is 0. The smallest absolute Gasteiger partial charge is 0.170 e. The first kappa shape index (κ1) is 28.0. The van der Waals surface area contributed by atoms with Crippen molar-refractivity contribution in [2.24, 2.45) is 0 Å². The van der Waals surface area contributed by atoms with E-state index in [1.54, 1.807) is 0 Å². The van der Waals surface area contributed by atoms with Gasteiger partial charge in [-0.2, -0.15) is 0 Å². The third-order valence-corrected chi connectivity index (χ3v) is 5.97. The summed E-state index contributed by atoms with van der Waals surface area (Å²) in [7, 11) is 0. The lowest BCUT2D eigenvalue weighted by molar-refractivity contribution is 0.162. The summed E-state index contributed by atoms with van der Waals surface area (Å²) in [6.45, 7) is 6.52. The van der Waals surface area contributed by atoms with Gasteiger partial charge in [0.15, 0.2) is 11.5 Å². The fraction of sp³-hybridized carbons (Fsp3) is 0.357. The van der Waals surface area contributed by atoms with Crippen LogP contribution in [0.1, 0.15) is 44.2 Å². The highest BCUT2D eigenvalue weighted by molar-refractivity contribution is 5.85. The molecule has 1 atom stereocenters. The summed E-state index contributed by atoms with van der Waals surface area (Å²) in [4.78, 5) is 2.62. The number of nitrogens with zero attached hydrogens (tertiary/aromatic N) is 1. The molecule has 0 aliphatic carbocycles. The first-order chi connectivity index (χ1) is 15.8. The zero-order chi connectivity index (χ0) is 22.0. The summed E-state index contributed by atoms with van der Waals surface area (Å²) in [6.07, 6.45) is 4.91. The molecule has 0 aromatic heterocycles. The molecule has 184 valence electrons. The van der Waals surface area contributed by atoms with Crippen molar-refractivity contribution in [1.29, 1.82) is 0 Å². The van der Waals surface area contributed by atoms with Gasteiger partial charge in [-0.25, -0.2) is 0 Å². The number of rotatable bonds is 10. The van der Waals surface area contributed by atoms with Gasteiger partial charge in [0, 0.05) is 32.2 Å². The maximum atomic E-state index is 6.33. The SMILES string of the molecule is CCCCC[C@H](c1ccc(Oc2ccccc2)c(Oc2ccccc2)c1)N1CCNCC1.Cl.Cl. The van der Waals surface area contributed by atoms with E-state index in [9.17, 15) is 0 Å². The standard InChI is InChI=1S/C28H34N2O2.2ClH/c1-2-3-6-15-26(30-20-18-29-19-21-30)23-16-17-27(31-24-11-7-4-8-12-24)28(22-23)32-25-13-9-5-10-14-25;;/h4-5,7-14,16-17,22,26,29H,2-3,6,15,18-21H2,1H3;2*1H/t26-;;/m1../s1. The predicted octanol–water partition coefficient (Wildman–Crippen LogP) is 7.64. The van der Waals surface area contributed by atoms with Crippen LogP contribution in [0.25, 0.3) is 0 Å². The van der Waals surface area contributed by atoms with Crippen molar-refractivity contribution >= 4 is 24.8 Å². The lowest BCUT2D eigenvalue weighted by Gasteiger charge is -2.35. The van der Waals surface area contributed by atoms with E-state index in [0.29, 0.717) is 6.04 Å². The van der Waals surface area contributed by atoms with Gasteiger partial charge in [-0.1, -0.05) is 68.7 Å². The van der Waals surface area contributed by atoms with Crippen LogP contribution in [0.2, 0.25) is 0 Å². The number of piperazine rings is 1. The van der Waals surface area contributed by atoms with Crippen LogP contribution in [0.3, 0.4) is 0 Å². The van der Waals surface area contributed by atoms with Crippen molar-refractivity contribution in [3.05, 3.63) is 84.4 Å². The second-order valence-electron chi connectivity index (χ2n) is 8.33. The lowest BCUT2D eigenvalue weighted by atomic mass is 9.97. The van der Waals surface area contributed by atoms with Gasteiger partial charge >= 0.3 is 0 Å². The van der Waals surface area contributed by atoms with Crippen LogP contribution >= 0.6 is 24.8 Å². The van der Waals surface area contributed by atoms with E-state index < -0.39 is 0 Å². The maximum absolute atomic E-state index is 6.33. The quantitative estimate of drug-likeness (QED) is 0.288. The van der Waals surface area contributed by atoms with Gasteiger partial charge in [-0.15, -0.1) is 24.8 Å². The largest absolute Gasteiger partial charge is 0.453 e. The van der Waals surface area contributed by atoms with Crippen LogP contribution < -0.4 is 14.8 Å². The summed E-state index contributed by atoms with van der Waals surface area (Å²) in [5.41, 5.74) is 1.30. The Bertz CT molecular complexity index is 951. The van der Waals surface area contributed by atoms with Gasteiger partial charge in [0.05, 0.1) is 0 Å². The predicted molar refractivity (Wildman–Crippen MR) is 145 cm³/mol. The Morgan fingerprint density at radius 2 is 1.35 bits per heavy atom. The molecule has 34 heavy (non-hydrogen) atoms. The van der Waals surface area contributed by atoms with Crippen molar-refractivity contribution in [1.82, 2.24) is 10.2 Å². The van der Waals surface area contributed by atoms with Gasteiger partial charge in [0.2, 0.25) is 0 Å². The maximum Gasteiger partial charge on any atom is 0.170 e. The molecule has 4 nitrogen and oxygen atoms in total. The van der Waals surface area contributed by atoms with Gasteiger partial charge in [-0.3, -0.25) is 4.90 Å². The number of unbranched alkanes of at least 4 members (excludes halogenated alkanes) is 2. The number of halogens is 2. The van der Waals surface area contributed by atoms with Crippen molar-refractivity contribution in [2.75, 3.05) is 26.2 Å². The molecule has 0 amide bonds. The minimum Gasteiger partial charge on any atom is -0.453 e. The monoisotopic (exact) mass is 502 g/mol. The Balaban J connectivity index is 0.00000204. The molecule has 0 saturated carbocycles. The topological polar surface area (TPSA) is 33.7 Å². The summed E-state index contributed by atoms with van der Waals surface area (Å²) >= 11 is 0. The Morgan fingerprint density at radius 1 is 0.765 bits per heavy atom. The second kappa shape index (κ2) is 14.9. The molecule has 1 heterocycles. The highest BCUT2D eigenvalue weighted by Gasteiger charge is 2.23. The normalized spacial score (nSPS) is 14.4. The van der Waals surface area contributed by atoms with Crippen LogP contribution in [-0.4, -0.2) is 31.1 Å². The average Bonchev–Trinajstić information content (AvgIpc) is 2.85. The summed E-state index contributed by atoms with van der Waals surface area (Å²) in [6, 6.07) is 26.7. The van der Waals surface area contributed by atoms with Crippen LogP contribution in [0.15, 0.2) is 78.9 Å². The molecule has 1 saturated heterocycles. The molecule has 1 aliphatic heterocycles. The molecule has 0 radical (unpaired) electrons. The molecule has 3 aromatic carbocycles. The highest BCUT2D eigenvalue weighted by Crippen LogP contribution is 2.39. The van der Waals surface area contributed by atoms with Crippen LogP contribution in [0, 0.1) is 0 Å². The summed E-state index contributed by atoms with van der Waals surface area (Å²) in [5, 5.41) is 3.48. The fourth-order valence-corrected chi connectivity index (χ4v) is 4.27. The molecule has 0 spiro atoms. The van der Waals surface area contributed by atoms with Crippen molar-refractivity contribution in [2.45, 2.75) is 38.6 Å². The first-order valence-electron chi connectivity index (χ1n) is 11.9. The lowest BCUT2D eigenvalue weighted by Crippen LogP contribution is -2.45. The summed E-state index contributed by atoms with van der Waals surface area (Å²) in [5.74, 6) is 3.11. The number of ether oxygens (including phenoxy) is 2. The van der Waals surface area contributed by atoms with E-state index in [1.807, 2.05) is 60.7 Å². The Hall–Kier alpha value is -2.24. The molecule has 0 unspecified atom stereocenters. The van der Waals surface area contributed by atoms with E-state index in [4.69, 9.17) is 9.47 Å². The average molecular weight is 504 g/mol. The van der Waals surface area contributed by atoms with Gasteiger partial charge in [-0.05, 0) is 48.4 Å². The van der Waals surface area contributed by atoms with Crippen LogP contribution in [0.5, 0.6) is 23.0 Å². The number of nitrogens with one attached hydrogen (secondary N) is 1. The van der Waals surface area contributed by atoms with E-state index in [2.05, 4.69) is 35.3 Å². The molecular weight excluding hydrogens is 467 g/mol. The van der Waals surface area contributed by atoms with E-state index in [-0.39, 0.29) is 24.8 Å². The molecule has 1 aliphatic rings. The molecule has 4 rings (SSSR count). The Morgan fingerprint density at radius 3 is 1.94 bits per heavy atom. The van der Waals surface area contributed by atoms with Gasteiger partial charge in [0.1, 0.15) is 11.5 Å². The first-order valence-corrected chi connectivity index (χ1v) is 11.9. The van der Waals surface area contributed by atoms with E-state index in [0.717, 1.165) is 55.6 Å². The van der Waals surface area contributed by atoms with Crippen molar-refractivity contribution < 1.29 is 9.47 Å². The number of benzene rings is 3. The Labute approximate surface area is 216 Å². The fourth-order valence-electron chi connectivity index (χ4n) is 4.27. The molecular formula is C28H36Cl2N2O2. The van der Waals surface area contributed by atoms with E-state index in [1.165, 1.54) is 24.8 Å². The van der Waals surface area contributed by atoms with Crippen molar-refractivity contribution in [3.63, 3.8) is 0 Å². The van der Waals surface area contributed by atoms with Gasteiger partial charge in [0.25, 0.3) is 0 Å². The third kappa shape index (κ3) is 7.92. The second-order valence-corrected chi connectivity index (χ2v) is 8.33. The zero-order valence-corrected chi connectivity index (χ0v) is 21.5. The molecule has 3 aromatic rings. The van der Waals surface area contributed by atoms with Crippen LogP contribution in [-0.2, 0) is 0 Å². The third-order valence-electron chi connectivity index (χ3n) is 5.97.